The summed E-state index contributed by atoms with van der Waals surface area (Å²) in [5.41, 5.74) is 8.88. The van der Waals surface area contributed by atoms with Gasteiger partial charge in [-0.1, -0.05) is 17.7 Å². The summed E-state index contributed by atoms with van der Waals surface area (Å²) < 4.78 is 5.23. The zero-order valence-corrected chi connectivity index (χ0v) is 18.1. The maximum atomic E-state index is 9.50. The summed E-state index contributed by atoms with van der Waals surface area (Å²) in [7, 11) is 1.58. The van der Waals surface area contributed by atoms with Crippen LogP contribution in [0.4, 0.5) is 11.5 Å². The van der Waals surface area contributed by atoms with Gasteiger partial charge in [-0.3, -0.25) is 0 Å². The van der Waals surface area contributed by atoms with Gasteiger partial charge in [-0.05, 0) is 48.6 Å². The minimum Gasteiger partial charge on any atom is -0.495 e. The first-order chi connectivity index (χ1) is 15.0. The van der Waals surface area contributed by atoms with Crippen molar-refractivity contribution in [2.45, 2.75) is 19.3 Å². The number of nitrogen functional groups attached to an aromatic ring is 1. The van der Waals surface area contributed by atoms with E-state index in [-0.39, 0.29) is 6.61 Å². The summed E-state index contributed by atoms with van der Waals surface area (Å²) in [6.45, 7) is 1.80. The normalized spacial score (nSPS) is 14.6. The van der Waals surface area contributed by atoms with Gasteiger partial charge in [0.15, 0.2) is 5.82 Å². The van der Waals surface area contributed by atoms with Gasteiger partial charge in [-0.25, -0.2) is 0 Å². The van der Waals surface area contributed by atoms with Crippen molar-refractivity contribution in [3.05, 3.63) is 52.2 Å². The fraction of sp³-hybridized carbons (Fsp3) is 0.348. The monoisotopic (exact) mass is 437 g/mol. The Hall–Kier alpha value is -3.08. The van der Waals surface area contributed by atoms with E-state index in [4.69, 9.17) is 22.1 Å². The molecule has 0 aliphatic carbocycles. The Kier molecular flexibility index (Phi) is 6.12. The van der Waals surface area contributed by atoms with Crippen molar-refractivity contribution < 1.29 is 9.84 Å². The lowest BCUT2D eigenvalue weighted by molar-refractivity contribution is 0.203. The van der Waals surface area contributed by atoms with Crippen molar-refractivity contribution in [1.82, 2.24) is 10.2 Å². The highest BCUT2D eigenvalue weighted by Crippen LogP contribution is 2.35. The van der Waals surface area contributed by atoms with Gasteiger partial charge in [0.25, 0.3) is 0 Å². The quantitative estimate of drug-likeness (QED) is 0.587. The predicted octanol–water partition coefficient (Wildman–Crippen LogP) is 3.55. The lowest BCUT2D eigenvalue weighted by atomic mass is 9.96. The summed E-state index contributed by atoms with van der Waals surface area (Å²) in [5.74, 6) is 1.69. The van der Waals surface area contributed by atoms with Crippen molar-refractivity contribution in [2.75, 3.05) is 37.4 Å². The molecular formula is C23H24ClN5O2. The first-order valence-electron chi connectivity index (χ1n) is 10.2. The molecule has 3 aromatic rings. The van der Waals surface area contributed by atoms with E-state index in [1.165, 1.54) is 0 Å². The third kappa shape index (κ3) is 4.09. The lowest BCUT2D eigenvalue weighted by Gasteiger charge is -2.32. The molecule has 0 radical (unpaired) electrons. The van der Waals surface area contributed by atoms with Crippen molar-refractivity contribution >= 4 is 33.9 Å². The molecule has 1 saturated heterocycles. The van der Waals surface area contributed by atoms with Crippen molar-refractivity contribution in [3.63, 3.8) is 0 Å². The van der Waals surface area contributed by atoms with E-state index in [0.29, 0.717) is 40.1 Å². The molecule has 4 rings (SSSR count). The highest BCUT2D eigenvalue weighted by Gasteiger charge is 2.23. The van der Waals surface area contributed by atoms with Crippen molar-refractivity contribution in [1.29, 1.82) is 5.26 Å². The Bertz CT molecular complexity index is 1150. The zero-order chi connectivity index (χ0) is 22.0. The topological polar surface area (TPSA) is 108 Å². The van der Waals surface area contributed by atoms with Crippen molar-refractivity contribution in [2.24, 2.45) is 5.92 Å². The van der Waals surface area contributed by atoms with Crippen LogP contribution in [0.1, 0.15) is 29.7 Å². The Labute approximate surface area is 186 Å². The van der Waals surface area contributed by atoms with Crippen LogP contribution < -0.4 is 15.4 Å². The number of halogens is 1. The number of nitrogens with two attached hydrogens (primary N) is 1. The first-order valence-corrected chi connectivity index (χ1v) is 10.6. The minimum absolute atomic E-state index is 0.210. The van der Waals surface area contributed by atoms with E-state index in [1.807, 2.05) is 24.3 Å². The average Bonchev–Trinajstić information content (AvgIpc) is 2.79. The SMILES string of the molecule is COc1ccc(Cc2nnc(N3CCC(CO)CC3)c3ccc(C#N)c(N)c23)cc1Cl. The molecule has 0 spiro atoms. The van der Waals surface area contributed by atoms with Crippen LogP contribution >= 0.6 is 11.6 Å². The average molecular weight is 438 g/mol. The Balaban J connectivity index is 1.78. The number of benzene rings is 2. The van der Waals surface area contributed by atoms with E-state index >= 15 is 0 Å². The molecule has 0 unspecified atom stereocenters. The lowest BCUT2D eigenvalue weighted by Crippen LogP contribution is -2.35. The maximum absolute atomic E-state index is 9.50. The molecule has 1 aromatic heterocycles. The zero-order valence-electron chi connectivity index (χ0n) is 17.3. The number of methoxy groups -OCH3 is 1. The fourth-order valence-electron chi connectivity index (χ4n) is 4.12. The number of nitrogens with zero attached hydrogens (tertiary/aromatic N) is 4. The third-order valence-electron chi connectivity index (χ3n) is 5.92. The van der Waals surface area contributed by atoms with E-state index in [9.17, 15) is 10.4 Å². The highest BCUT2D eigenvalue weighted by atomic mass is 35.5. The Morgan fingerprint density at radius 3 is 2.68 bits per heavy atom. The second kappa shape index (κ2) is 8.96. The third-order valence-corrected chi connectivity index (χ3v) is 6.22. The van der Waals surface area contributed by atoms with Gasteiger partial charge < -0.3 is 20.5 Å². The van der Waals surface area contributed by atoms with Gasteiger partial charge in [0.05, 0.1) is 29.1 Å². The van der Waals surface area contributed by atoms with Crippen molar-refractivity contribution in [3.8, 4) is 11.8 Å². The molecule has 0 atom stereocenters. The highest BCUT2D eigenvalue weighted by molar-refractivity contribution is 6.32. The first kappa shape index (κ1) is 21.2. The van der Waals surface area contributed by atoms with Gasteiger partial charge in [0.1, 0.15) is 11.8 Å². The predicted molar refractivity (Wildman–Crippen MR) is 121 cm³/mol. The molecular weight excluding hydrogens is 414 g/mol. The summed E-state index contributed by atoms with van der Waals surface area (Å²) in [6.07, 6.45) is 2.27. The number of piperidine rings is 1. The second-order valence-electron chi connectivity index (χ2n) is 7.79. The van der Waals surface area contributed by atoms with Gasteiger partial charge >= 0.3 is 0 Å². The van der Waals surface area contributed by atoms with Crippen LogP contribution in [0.5, 0.6) is 5.75 Å². The number of aliphatic hydroxyl groups excluding tert-OH is 1. The van der Waals surface area contributed by atoms with Crippen LogP contribution in [0.15, 0.2) is 30.3 Å². The summed E-state index contributed by atoms with van der Waals surface area (Å²) in [5, 5.41) is 30.1. The molecule has 8 heteroatoms. The summed E-state index contributed by atoms with van der Waals surface area (Å²) in [4.78, 5) is 2.18. The van der Waals surface area contributed by atoms with Crippen LogP contribution in [-0.4, -0.2) is 42.1 Å². The number of anilines is 2. The molecule has 7 nitrogen and oxygen atoms in total. The maximum Gasteiger partial charge on any atom is 0.159 e. The molecule has 3 N–H and O–H groups in total. The molecule has 0 saturated carbocycles. The number of aliphatic hydroxyl groups is 1. The number of hydrogen-bond acceptors (Lipinski definition) is 7. The van der Waals surface area contributed by atoms with Crippen LogP contribution in [0.3, 0.4) is 0 Å². The molecule has 1 aliphatic rings. The molecule has 31 heavy (non-hydrogen) atoms. The smallest absolute Gasteiger partial charge is 0.159 e. The van der Waals surface area contributed by atoms with Gasteiger partial charge in [-0.2, -0.15) is 10.4 Å². The largest absolute Gasteiger partial charge is 0.495 e. The molecule has 0 amide bonds. The van der Waals surface area contributed by atoms with Crippen LogP contribution in [0.25, 0.3) is 10.8 Å². The standard InChI is InChI=1S/C23H24ClN5O2/c1-31-20-5-2-15(10-18(20)24)11-19-21-17(4-3-16(12-25)22(21)26)23(28-27-19)29-8-6-14(13-30)7-9-29/h2-5,10,14,30H,6-9,11,13,26H2,1H3. The Morgan fingerprint density at radius 1 is 1.26 bits per heavy atom. The number of fused-ring (bicyclic) bond motifs is 1. The molecule has 1 fully saturated rings. The molecule has 0 bridgehead atoms. The summed E-state index contributed by atoms with van der Waals surface area (Å²) in [6, 6.07) is 11.4. The van der Waals surface area contributed by atoms with Crippen LogP contribution in [-0.2, 0) is 6.42 Å². The van der Waals surface area contributed by atoms with E-state index in [0.717, 1.165) is 48.1 Å². The second-order valence-corrected chi connectivity index (χ2v) is 8.20. The number of ether oxygens (including phenoxy) is 1. The van der Waals surface area contributed by atoms with Gasteiger partial charge in [-0.15, -0.1) is 5.10 Å². The minimum atomic E-state index is 0.210. The molecule has 2 heterocycles. The van der Waals surface area contributed by atoms with Gasteiger partial charge in [0, 0.05) is 36.9 Å². The van der Waals surface area contributed by atoms with Gasteiger partial charge in [0.2, 0.25) is 0 Å². The number of hydrogen-bond donors (Lipinski definition) is 2. The van der Waals surface area contributed by atoms with Crippen LogP contribution in [0, 0.1) is 17.2 Å². The molecule has 1 aliphatic heterocycles. The van der Waals surface area contributed by atoms with E-state index in [1.54, 1.807) is 13.2 Å². The number of rotatable bonds is 5. The number of nitriles is 1. The molecule has 2 aromatic carbocycles. The Morgan fingerprint density at radius 2 is 2.03 bits per heavy atom. The molecule has 160 valence electrons. The fourth-order valence-corrected chi connectivity index (χ4v) is 4.40. The van der Waals surface area contributed by atoms with E-state index < -0.39 is 0 Å². The van der Waals surface area contributed by atoms with E-state index in [2.05, 4.69) is 21.2 Å². The number of aromatic nitrogens is 2. The van der Waals surface area contributed by atoms with Crippen LogP contribution in [0.2, 0.25) is 5.02 Å². The summed E-state index contributed by atoms with van der Waals surface area (Å²) >= 11 is 6.29.